The van der Waals surface area contributed by atoms with Crippen molar-refractivity contribution in [1.82, 2.24) is 0 Å². The molecule has 1 aliphatic carbocycles. The van der Waals surface area contributed by atoms with Crippen molar-refractivity contribution in [1.29, 1.82) is 0 Å². The summed E-state index contributed by atoms with van der Waals surface area (Å²) in [7, 11) is 0. The van der Waals surface area contributed by atoms with Gasteiger partial charge in [-0.1, -0.05) is 13.8 Å². The van der Waals surface area contributed by atoms with E-state index in [2.05, 4.69) is 13.8 Å². The van der Waals surface area contributed by atoms with Crippen LogP contribution in [0.15, 0.2) is 0 Å². The molecule has 1 saturated carbocycles. The number of thioether (sulfide) groups is 1. The first-order valence-electron chi connectivity index (χ1n) is 5.34. The summed E-state index contributed by atoms with van der Waals surface area (Å²) in [6.07, 6.45) is 2.67. The van der Waals surface area contributed by atoms with Gasteiger partial charge >= 0.3 is 0 Å². The molecule has 1 saturated heterocycles. The zero-order valence-corrected chi connectivity index (χ0v) is 9.86. The summed E-state index contributed by atoms with van der Waals surface area (Å²) in [4.78, 5) is 0. The fourth-order valence-corrected chi connectivity index (χ4v) is 4.73. The van der Waals surface area contributed by atoms with E-state index >= 15 is 0 Å². The van der Waals surface area contributed by atoms with Gasteiger partial charge < -0.3 is 10.2 Å². The first-order valence-corrected chi connectivity index (χ1v) is 6.50. The molecule has 2 rings (SSSR count). The molecule has 0 aromatic carbocycles. The van der Waals surface area contributed by atoms with E-state index in [0.29, 0.717) is 0 Å². The van der Waals surface area contributed by atoms with E-state index in [9.17, 15) is 10.2 Å². The number of hydrogen-bond acceptors (Lipinski definition) is 3. The minimum atomic E-state index is -0.589. The summed E-state index contributed by atoms with van der Waals surface area (Å²) in [6.45, 7) is 4.52. The van der Waals surface area contributed by atoms with Gasteiger partial charge in [-0.15, -0.1) is 0 Å². The molecule has 2 aliphatic rings. The molecule has 0 bridgehead atoms. The molecule has 2 nitrogen and oxygen atoms in total. The fourth-order valence-electron chi connectivity index (χ4n) is 3.15. The second-order valence-electron chi connectivity index (χ2n) is 5.79. The minimum Gasteiger partial charge on any atom is -0.396 e. The Morgan fingerprint density at radius 3 is 2.29 bits per heavy atom. The molecule has 2 fully saturated rings. The van der Waals surface area contributed by atoms with E-state index in [0.717, 1.165) is 30.8 Å². The maximum absolute atomic E-state index is 10.5. The van der Waals surface area contributed by atoms with Gasteiger partial charge in [-0.3, -0.25) is 0 Å². The van der Waals surface area contributed by atoms with E-state index in [1.54, 1.807) is 0 Å². The molecule has 0 aromatic heterocycles. The van der Waals surface area contributed by atoms with E-state index in [1.807, 2.05) is 11.8 Å². The summed E-state index contributed by atoms with van der Waals surface area (Å²) in [5.74, 6) is 2.01. The Kier molecular flexibility index (Phi) is 2.41. The molecular formula is C11H20O2S. The Morgan fingerprint density at radius 2 is 1.93 bits per heavy atom. The van der Waals surface area contributed by atoms with Crippen molar-refractivity contribution in [3.05, 3.63) is 0 Å². The number of rotatable bonds is 2. The molecular weight excluding hydrogens is 196 g/mol. The van der Waals surface area contributed by atoms with Gasteiger partial charge in [0.05, 0.1) is 12.2 Å². The molecule has 1 atom stereocenters. The molecule has 82 valence electrons. The van der Waals surface area contributed by atoms with Crippen molar-refractivity contribution >= 4 is 11.8 Å². The van der Waals surface area contributed by atoms with Crippen LogP contribution >= 0.6 is 11.8 Å². The summed E-state index contributed by atoms with van der Waals surface area (Å²) >= 11 is 1.86. The second kappa shape index (κ2) is 3.13. The minimum absolute atomic E-state index is 0.145. The van der Waals surface area contributed by atoms with Crippen LogP contribution in [0, 0.1) is 10.8 Å². The number of hydrogen-bond donors (Lipinski definition) is 2. The van der Waals surface area contributed by atoms with Crippen LogP contribution < -0.4 is 0 Å². The molecule has 1 aliphatic heterocycles. The van der Waals surface area contributed by atoms with E-state index in [4.69, 9.17) is 0 Å². The third-order valence-corrected chi connectivity index (χ3v) is 5.18. The van der Waals surface area contributed by atoms with Crippen molar-refractivity contribution in [2.24, 2.45) is 10.8 Å². The van der Waals surface area contributed by atoms with E-state index in [-0.39, 0.29) is 17.4 Å². The Labute approximate surface area is 90.1 Å². The van der Waals surface area contributed by atoms with Crippen molar-refractivity contribution in [2.45, 2.75) is 38.7 Å². The molecule has 14 heavy (non-hydrogen) atoms. The largest absolute Gasteiger partial charge is 0.396 e. The average molecular weight is 216 g/mol. The molecule has 2 N–H and O–H groups in total. The smallest absolute Gasteiger partial charge is 0.0744 e. The van der Waals surface area contributed by atoms with Gasteiger partial charge in [0.15, 0.2) is 0 Å². The van der Waals surface area contributed by atoms with Gasteiger partial charge in [0, 0.05) is 11.2 Å². The lowest BCUT2D eigenvalue weighted by Crippen LogP contribution is -2.61. The average Bonchev–Trinajstić information content (AvgIpc) is 2.49. The predicted molar refractivity (Wildman–Crippen MR) is 59.4 cm³/mol. The Morgan fingerprint density at radius 1 is 1.29 bits per heavy atom. The summed E-state index contributed by atoms with van der Waals surface area (Å²) in [6, 6.07) is 0. The quantitative estimate of drug-likeness (QED) is 0.737. The fraction of sp³-hybridized carbons (Fsp3) is 1.00. The molecule has 0 spiro atoms. The second-order valence-corrected chi connectivity index (χ2v) is 6.90. The molecule has 0 aromatic rings. The standard InChI is InChI=1S/C11H20O2S/c1-9(2)5-11(13,6-9)10(7-12)3-4-14-8-10/h12-13H,3-8H2,1-2H3. The summed E-state index contributed by atoms with van der Waals surface area (Å²) in [5, 5.41) is 20.0. The zero-order valence-electron chi connectivity index (χ0n) is 9.05. The van der Waals surface area contributed by atoms with Gasteiger partial charge in [0.25, 0.3) is 0 Å². The highest BCUT2D eigenvalue weighted by molar-refractivity contribution is 7.99. The Balaban J connectivity index is 2.13. The van der Waals surface area contributed by atoms with Crippen LogP contribution in [0.5, 0.6) is 0 Å². The monoisotopic (exact) mass is 216 g/mol. The van der Waals surface area contributed by atoms with E-state index in [1.165, 1.54) is 0 Å². The molecule has 0 amide bonds. The van der Waals surface area contributed by atoms with Crippen molar-refractivity contribution in [3.63, 3.8) is 0 Å². The van der Waals surface area contributed by atoms with Crippen molar-refractivity contribution < 1.29 is 10.2 Å². The lowest BCUT2D eigenvalue weighted by molar-refractivity contribution is -0.197. The van der Waals surface area contributed by atoms with Crippen LogP contribution in [0.25, 0.3) is 0 Å². The number of aliphatic hydroxyl groups is 2. The molecule has 0 radical (unpaired) electrons. The highest BCUT2D eigenvalue weighted by atomic mass is 32.2. The van der Waals surface area contributed by atoms with Gasteiger partial charge in [-0.2, -0.15) is 11.8 Å². The normalized spacial score (nSPS) is 39.4. The van der Waals surface area contributed by atoms with Crippen LogP contribution in [0.1, 0.15) is 33.1 Å². The highest BCUT2D eigenvalue weighted by Gasteiger charge is 2.60. The molecule has 1 heterocycles. The maximum Gasteiger partial charge on any atom is 0.0744 e. The van der Waals surface area contributed by atoms with Crippen LogP contribution in [-0.4, -0.2) is 33.9 Å². The van der Waals surface area contributed by atoms with Crippen LogP contribution in [-0.2, 0) is 0 Å². The lowest BCUT2D eigenvalue weighted by atomic mass is 9.51. The van der Waals surface area contributed by atoms with E-state index < -0.39 is 5.60 Å². The molecule has 3 heteroatoms. The third kappa shape index (κ3) is 1.41. The number of aliphatic hydroxyl groups excluding tert-OH is 1. The zero-order chi connectivity index (χ0) is 10.4. The Hall–Kier alpha value is 0.270. The van der Waals surface area contributed by atoms with Gasteiger partial charge in [0.1, 0.15) is 0 Å². The summed E-state index contributed by atoms with van der Waals surface area (Å²) < 4.78 is 0. The first-order chi connectivity index (χ1) is 6.43. The van der Waals surface area contributed by atoms with Crippen LogP contribution in [0.4, 0.5) is 0 Å². The van der Waals surface area contributed by atoms with Gasteiger partial charge in [0.2, 0.25) is 0 Å². The highest BCUT2D eigenvalue weighted by Crippen LogP contribution is 2.59. The van der Waals surface area contributed by atoms with Crippen LogP contribution in [0.2, 0.25) is 0 Å². The lowest BCUT2D eigenvalue weighted by Gasteiger charge is -2.58. The summed E-state index contributed by atoms with van der Waals surface area (Å²) in [5.41, 5.74) is -0.522. The predicted octanol–water partition coefficient (Wildman–Crippen LogP) is 1.65. The van der Waals surface area contributed by atoms with Crippen molar-refractivity contribution in [3.8, 4) is 0 Å². The topological polar surface area (TPSA) is 40.5 Å². The van der Waals surface area contributed by atoms with Crippen molar-refractivity contribution in [2.75, 3.05) is 18.1 Å². The van der Waals surface area contributed by atoms with Gasteiger partial charge in [-0.25, -0.2) is 0 Å². The van der Waals surface area contributed by atoms with Gasteiger partial charge in [-0.05, 0) is 30.4 Å². The van der Waals surface area contributed by atoms with Crippen LogP contribution in [0.3, 0.4) is 0 Å². The molecule has 1 unspecified atom stereocenters. The third-order valence-electron chi connectivity index (χ3n) is 3.94. The first kappa shape index (κ1) is 10.8. The Bertz CT molecular complexity index is 223. The SMILES string of the molecule is CC1(C)CC(O)(C2(CO)CCSC2)C1. The maximum atomic E-state index is 10.5.